The third-order valence-electron chi connectivity index (χ3n) is 7.33. The molecule has 2 aliphatic heterocycles. The first kappa shape index (κ1) is 23.7. The third-order valence-corrected chi connectivity index (χ3v) is 9.21. The van der Waals surface area contributed by atoms with Gasteiger partial charge in [-0.25, -0.2) is 8.42 Å². The van der Waals surface area contributed by atoms with Gasteiger partial charge in [0, 0.05) is 31.1 Å². The predicted molar refractivity (Wildman–Crippen MR) is 135 cm³/mol. The minimum absolute atomic E-state index is 0.0127. The zero-order valence-electron chi connectivity index (χ0n) is 19.5. The van der Waals surface area contributed by atoms with Crippen LogP contribution in [-0.4, -0.2) is 61.1 Å². The molecule has 7 heteroatoms. The lowest BCUT2D eigenvalue weighted by molar-refractivity contribution is -0.0553. The molecule has 0 radical (unpaired) electrons. The van der Waals surface area contributed by atoms with Crippen LogP contribution in [0.2, 0.25) is 0 Å². The summed E-state index contributed by atoms with van der Waals surface area (Å²) in [5.74, 6) is 0.0473. The minimum Gasteiger partial charge on any atom is -0.395 e. The van der Waals surface area contributed by atoms with Crippen LogP contribution >= 0.6 is 0 Å². The number of benzene rings is 3. The number of nitriles is 1. The summed E-state index contributed by atoms with van der Waals surface area (Å²) in [6, 6.07) is 26.6. The molecule has 0 unspecified atom stereocenters. The van der Waals surface area contributed by atoms with E-state index in [2.05, 4.69) is 23.1 Å². The summed E-state index contributed by atoms with van der Waals surface area (Å²) < 4.78 is 28.4. The maximum Gasteiger partial charge on any atom is 0.243 e. The molecule has 180 valence electrons. The van der Waals surface area contributed by atoms with Crippen LogP contribution < -0.4 is 0 Å². The van der Waals surface area contributed by atoms with Crippen LogP contribution in [0.5, 0.6) is 0 Å². The summed E-state index contributed by atoms with van der Waals surface area (Å²) in [5.41, 5.74) is 3.73. The maximum atomic E-state index is 13.4. The van der Waals surface area contributed by atoms with Crippen LogP contribution in [0.4, 0.5) is 0 Å². The molecule has 3 aromatic rings. The second-order valence-electron chi connectivity index (χ2n) is 9.28. The SMILES string of the molecule is N#Cc1cccc(-c2ccc([C@@H]3[C@H](CO)N4CCCCN(S(=O)(=O)c5ccccc5)C[C@@H]34)cc2)c1. The Morgan fingerprint density at radius 1 is 0.914 bits per heavy atom. The number of nitrogens with zero attached hydrogens (tertiary/aromatic N) is 3. The molecule has 2 aliphatic rings. The lowest BCUT2D eigenvalue weighted by Crippen LogP contribution is -2.67. The van der Waals surface area contributed by atoms with Gasteiger partial charge in [0.1, 0.15) is 0 Å². The summed E-state index contributed by atoms with van der Waals surface area (Å²) in [6.07, 6.45) is 1.70. The molecule has 0 amide bonds. The monoisotopic (exact) mass is 487 g/mol. The van der Waals surface area contributed by atoms with Crippen molar-refractivity contribution in [3.05, 3.63) is 90.0 Å². The van der Waals surface area contributed by atoms with Crippen LogP contribution in [0.15, 0.2) is 83.8 Å². The molecular weight excluding hydrogens is 458 g/mol. The molecular formula is C28H29N3O3S. The van der Waals surface area contributed by atoms with Crippen molar-refractivity contribution < 1.29 is 13.5 Å². The number of aliphatic hydroxyl groups is 1. The highest BCUT2D eigenvalue weighted by molar-refractivity contribution is 7.89. The van der Waals surface area contributed by atoms with Crippen LogP contribution in [0, 0.1) is 11.3 Å². The molecule has 0 bridgehead atoms. The number of fused-ring (bicyclic) bond motifs is 1. The average molecular weight is 488 g/mol. The molecule has 2 heterocycles. The quantitative estimate of drug-likeness (QED) is 0.591. The van der Waals surface area contributed by atoms with Crippen molar-refractivity contribution in [3.63, 3.8) is 0 Å². The molecule has 0 aliphatic carbocycles. The van der Waals surface area contributed by atoms with Gasteiger partial charge in [0.15, 0.2) is 0 Å². The zero-order valence-corrected chi connectivity index (χ0v) is 20.3. The summed E-state index contributed by atoms with van der Waals surface area (Å²) in [7, 11) is -3.59. The summed E-state index contributed by atoms with van der Waals surface area (Å²) in [6.45, 7) is 1.82. The van der Waals surface area contributed by atoms with Gasteiger partial charge in [-0.1, -0.05) is 54.6 Å². The predicted octanol–water partition coefficient (Wildman–Crippen LogP) is 3.84. The summed E-state index contributed by atoms with van der Waals surface area (Å²) in [5, 5.41) is 19.4. The molecule has 35 heavy (non-hydrogen) atoms. The van der Waals surface area contributed by atoms with Gasteiger partial charge in [0.25, 0.3) is 0 Å². The first-order valence-corrected chi connectivity index (χ1v) is 13.5. The van der Waals surface area contributed by atoms with Crippen LogP contribution in [0.1, 0.15) is 29.9 Å². The fraction of sp³-hybridized carbons (Fsp3) is 0.321. The minimum atomic E-state index is -3.59. The number of sulfonamides is 1. The molecule has 2 saturated heterocycles. The topological polar surface area (TPSA) is 84.6 Å². The molecule has 3 aromatic carbocycles. The zero-order chi connectivity index (χ0) is 24.4. The van der Waals surface area contributed by atoms with E-state index in [1.54, 1.807) is 34.6 Å². The number of aliphatic hydroxyl groups excluding tert-OH is 1. The van der Waals surface area contributed by atoms with Crippen molar-refractivity contribution in [2.24, 2.45) is 0 Å². The van der Waals surface area contributed by atoms with Gasteiger partial charge < -0.3 is 5.11 Å². The van der Waals surface area contributed by atoms with E-state index in [0.29, 0.717) is 23.5 Å². The van der Waals surface area contributed by atoms with Crippen molar-refractivity contribution in [2.45, 2.75) is 35.7 Å². The molecule has 2 fully saturated rings. The average Bonchev–Trinajstić information content (AvgIpc) is 2.88. The Morgan fingerprint density at radius 2 is 1.66 bits per heavy atom. The first-order valence-electron chi connectivity index (χ1n) is 12.1. The summed E-state index contributed by atoms with van der Waals surface area (Å²) in [4.78, 5) is 2.60. The van der Waals surface area contributed by atoms with Gasteiger partial charge in [-0.2, -0.15) is 9.57 Å². The first-order chi connectivity index (χ1) is 17.0. The molecule has 5 rings (SSSR count). The maximum absolute atomic E-state index is 13.4. The van der Waals surface area contributed by atoms with Crippen LogP contribution in [0.25, 0.3) is 11.1 Å². The van der Waals surface area contributed by atoms with Gasteiger partial charge in [-0.05, 0) is 60.3 Å². The largest absolute Gasteiger partial charge is 0.395 e. The van der Waals surface area contributed by atoms with Gasteiger partial charge >= 0.3 is 0 Å². The van der Waals surface area contributed by atoms with Crippen molar-refractivity contribution in [1.29, 1.82) is 5.26 Å². The molecule has 6 nitrogen and oxygen atoms in total. The number of hydrogen-bond acceptors (Lipinski definition) is 5. The van der Waals surface area contributed by atoms with Crippen molar-refractivity contribution >= 4 is 10.0 Å². The molecule has 0 spiro atoms. The highest BCUT2D eigenvalue weighted by Gasteiger charge is 2.50. The Labute approximate surface area is 207 Å². The number of hydrogen-bond donors (Lipinski definition) is 1. The van der Waals surface area contributed by atoms with E-state index in [-0.39, 0.29) is 24.6 Å². The standard InChI is InChI=1S/C28H29N3O3S/c29-18-21-7-6-8-24(17-21)22-11-13-23(14-12-22)28-26-19-30(15-4-5-16-31(26)27(28)20-32)35(33,34)25-9-2-1-3-10-25/h1-3,6-14,17,26-28,32H,4-5,15-16,19-20H2/t26-,27-,28-/m0/s1. The molecule has 1 N–H and O–H groups in total. The molecule has 0 aromatic heterocycles. The van der Waals surface area contributed by atoms with E-state index in [4.69, 9.17) is 0 Å². The fourth-order valence-electron chi connectivity index (χ4n) is 5.53. The lowest BCUT2D eigenvalue weighted by Gasteiger charge is -2.57. The van der Waals surface area contributed by atoms with Crippen molar-refractivity contribution in [3.8, 4) is 17.2 Å². The molecule has 0 saturated carbocycles. The smallest absolute Gasteiger partial charge is 0.243 e. The Bertz CT molecular complexity index is 1320. The second kappa shape index (κ2) is 9.92. The van der Waals surface area contributed by atoms with E-state index in [1.165, 1.54) is 0 Å². The fourth-order valence-corrected chi connectivity index (χ4v) is 7.05. The Morgan fingerprint density at radius 3 is 2.37 bits per heavy atom. The van der Waals surface area contributed by atoms with Gasteiger partial charge in [-0.15, -0.1) is 0 Å². The van der Waals surface area contributed by atoms with Crippen molar-refractivity contribution in [1.82, 2.24) is 9.21 Å². The van der Waals surface area contributed by atoms with E-state index in [9.17, 15) is 18.8 Å². The van der Waals surface area contributed by atoms with E-state index >= 15 is 0 Å². The lowest BCUT2D eigenvalue weighted by atomic mass is 9.74. The van der Waals surface area contributed by atoms with E-state index < -0.39 is 10.0 Å². The van der Waals surface area contributed by atoms with E-state index in [0.717, 1.165) is 36.1 Å². The van der Waals surface area contributed by atoms with Crippen LogP contribution in [-0.2, 0) is 10.0 Å². The second-order valence-corrected chi connectivity index (χ2v) is 11.2. The third kappa shape index (κ3) is 4.51. The van der Waals surface area contributed by atoms with Gasteiger partial charge in [0.05, 0.1) is 23.1 Å². The van der Waals surface area contributed by atoms with Crippen LogP contribution in [0.3, 0.4) is 0 Å². The highest BCUT2D eigenvalue weighted by atomic mass is 32.2. The Hall–Kier alpha value is -3.02. The Balaban J connectivity index is 1.42. The van der Waals surface area contributed by atoms with E-state index in [1.807, 2.05) is 36.4 Å². The van der Waals surface area contributed by atoms with Crippen molar-refractivity contribution in [2.75, 3.05) is 26.2 Å². The molecule has 3 atom stereocenters. The Kier molecular flexibility index (Phi) is 6.72. The van der Waals surface area contributed by atoms with Gasteiger partial charge in [0.2, 0.25) is 10.0 Å². The summed E-state index contributed by atoms with van der Waals surface area (Å²) >= 11 is 0. The normalized spacial score (nSPS) is 23.4. The number of rotatable bonds is 5. The van der Waals surface area contributed by atoms with Gasteiger partial charge in [-0.3, -0.25) is 4.90 Å². The highest BCUT2D eigenvalue weighted by Crippen LogP contribution is 2.43.